The molecular weight excluding hydrogens is 238 g/mol. The van der Waals surface area contributed by atoms with Crippen LogP contribution in [0.5, 0.6) is 11.5 Å². The third-order valence-corrected chi connectivity index (χ3v) is 2.74. The van der Waals surface area contributed by atoms with Gasteiger partial charge in [-0.15, -0.1) is 0 Å². The maximum absolute atomic E-state index is 8.68. The second-order valence-electron chi connectivity index (χ2n) is 4.31. The van der Waals surface area contributed by atoms with Crippen LogP contribution in [-0.2, 0) is 6.54 Å². The Morgan fingerprint density at radius 1 is 0.895 bits per heavy atom. The van der Waals surface area contributed by atoms with Crippen LogP contribution in [-0.4, -0.2) is 18.3 Å². The van der Waals surface area contributed by atoms with Gasteiger partial charge in [-0.2, -0.15) is 0 Å². The average molecular weight is 257 g/mol. The second kappa shape index (κ2) is 7.56. The first-order valence-corrected chi connectivity index (χ1v) is 6.52. The molecule has 0 atom stereocenters. The quantitative estimate of drug-likeness (QED) is 0.749. The first-order valence-electron chi connectivity index (χ1n) is 6.52. The molecule has 0 fully saturated rings. The topological polar surface area (TPSA) is 41.5 Å². The number of benzene rings is 2. The summed E-state index contributed by atoms with van der Waals surface area (Å²) in [6, 6.07) is 17.8. The van der Waals surface area contributed by atoms with Crippen LogP contribution in [0.25, 0.3) is 0 Å². The fourth-order valence-electron chi connectivity index (χ4n) is 1.74. The summed E-state index contributed by atoms with van der Waals surface area (Å²) in [5.41, 5.74) is 1.21. The highest BCUT2D eigenvalue weighted by Gasteiger charge is 1.97. The van der Waals surface area contributed by atoms with Crippen LogP contribution in [0.4, 0.5) is 0 Å². The van der Waals surface area contributed by atoms with Gasteiger partial charge in [-0.1, -0.05) is 30.3 Å². The summed E-state index contributed by atoms with van der Waals surface area (Å²) in [6.07, 6.45) is 0.787. The van der Waals surface area contributed by atoms with E-state index in [9.17, 15) is 0 Å². The minimum absolute atomic E-state index is 0.233. The number of aliphatic hydroxyl groups excluding tert-OH is 1. The van der Waals surface area contributed by atoms with Gasteiger partial charge in [0.1, 0.15) is 11.5 Å². The van der Waals surface area contributed by atoms with Crippen LogP contribution in [0.3, 0.4) is 0 Å². The van der Waals surface area contributed by atoms with Crippen molar-refractivity contribution in [3.63, 3.8) is 0 Å². The Bertz CT molecular complexity index is 468. The lowest BCUT2D eigenvalue weighted by molar-refractivity contribution is 0.286. The van der Waals surface area contributed by atoms with Crippen LogP contribution in [0.2, 0.25) is 0 Å². The van der Waals surface area contributed by atoms with Crippen LogP contribution in [0.15, 0.2) is 54.6 Å². The molecule has 19 heavy (non-hydrogen) atoms. The number of para-hydroxylation sites is 1. The van der Waals surface area contributed by atoms with Gasteiger partial charge in [0.2, 0.25) is 0 Å². The Morgan fingerprint density at radius 2 is 1.58 bits per heavy atom. The lowest BCUT2D eigenvalue weighted by Crippen LogP contribution is -2.15. The minimum Gasteiger partial charge on any atom is -0.457 e. The maximum Gasteiger partial charge on any atom is 0.127 e. The van der Waals surface area contributed by atoms with E-state index in [0.717, 1.165) is 31.0 Å². The van der Waals surface area contributed by atoms with Gasteiger partial charge in [-0.25, -0.2) is 0 Å². The van der Waals surface area contributed by atoms with E-state index in [4.69, 9.17) is 9.84 Å². The molecule has 0 aliphatic heterocycles. The van der Waals surface area contributed by atoms with Crippen molar-refractivity contribution in [2.75, 3.05) is 13.2 Å². The van der Waals surface area contributed by atoms with Crippen LogP contribution in [0.1, 0.15) is 12.0 Å². The van der Waals surface area contributed by atoms with Gasteiger partial charge in [-0.3, -0.25) is 0 Å². The molecule has 0 heterocycles. The monoisotopic (exact) mass is 257 g/mol. The molecule has 0 aliphatic rings. The van der Waals surface area contributed by atoms with E-state index in [0.29, 0.717) is 0 Å². The summed E-state index contributed by atoms with van der Waals surface area (Å²) < 4.78 is 5.72. The van der Waals surface area contributed by atoms with Crippen molar-refractivity contribution in [1.82, 2.24) is 5.32 Å². The van der Waals surface area contributed by atoms with E-state index in [1.807, 2.05) is 54.6 Å². The molecule has 0 aromatic heterocycles. The molecule has 0 bridgehead atoms. The lowest BCUT2D eigenvalue weighted by atomic mass is 10.2. The lowest BCUT2D eigenvalue weighted by Gasteiger charge is -2.07. The van der Waals surface area contributed by atoms with Crippen molar-refractivity contribution in [1.29, 1.82) is 0 Å². The van der Waals surface area contributed by atoms with Gasteiger partial charge < -0.3 is 15.2 Å². The molecule has 0 unspecified atom stereocenters. The minimum atomic E-state index is 0.233. The molecule has 2 aromatic rings. The standard InChI is InChI=1S/C16H19NO2/c18-12-4-11-17-13-14-7-9-16(10-8-14)19-15-5-2-1-3-6-15/h1-3,5-10,17-18H,4,11-13H2. The van der Waals surface area contributed by atoms with Crippen molar-refractivity contribution in [2.24, 2.45) is 0 Å². The molecule has 3 heteroatoms. The number of hydrogen-bond acceptors (Lipinski definition) is 3. The van der Waals surface area contributed by atoms with Gasteiger partial charge in [0, 0.05) is 13.2 Å². The molecule has 0 saturated carbocycles. The molecular formula is C16H19NO2. The highest BCUT2D eigenvalue weighted by Crippen LogP contribution is 2.20. The first-order chi connectivity index (χ1) is 9.38. The maximum atomic E-state index is 8.68. The summed E-state index contributed by atoms with van der Waals surface area (Å²) in [6.45, 7) is 1.88. The normalized spacial score (nSPS) is 10.4. The van der Waals surface area contributed by atoms with Gasteiger partial charge in [0.05, 0.1) is 0 Å². The summed E-state index contributed by atoms with van der Waals surface area (Å²) >= 11 is 0. The highest BCUT2D eigenvalue weighted by molar-refractivity contribution is 5.32. The van der Waals surface area contributed by atoms with E-state index in [1.54, 1.807) is 0 Å². The van der Waals surface area contributed by atoms with E-state index < -0.39 is 0 Å². The Labute approximate surface area is 113 Å². The number of hydrogen-bond donors (Lipinski definition) is 2. The molecule has 0 amide bonds. The zero-order valence-corrected chi connectivity index (χ0v) is 10.9. The Balaban J connectivity index is 1.84. The van der Waals surface area contributed by atoms with Gasteiger partial charge in [0.25, 0.3) is 0 Å². The third kappa shape index (κ3) is 4.73. The predicted octanol–water partition coefficient (Wildman–Crippen LogP) is 2.95. The van der Waals surface area contributed by atoms with Crippen LogP contribution >= 0.6 is 0 Å². The number of rotatable bonds is 7. The molecule has 2 rings (SSSR count). The van der Waals surface area contributed by atoms with Crippen molar-refractivity contribution >= 4 is 0 Å². The number of nitrogens with one attached hydrogen (secondary N) is 1. The summed E-state index contributed by atoms with van der Waals surface area (Å²) in [4.78, 5) is 0. The molecule has 0 radical (unpaired) electrons. The summed E-state index contributed by atoms with van der Waals surface area (Å²) in [5, 5.41) is 12.0. The van der Waals surface area contributed by atoms with Gasteiger partial charge in [0.15, 0.2) is 0 Å². The smallest absolute Gasteiger partial charge is 0.127 e. The second-order valence-corrected chi connectivity index (χ2v) is 4.31. The fourth-order valence-corrected chi connectivity index (χ4v) is 1.74. The van der Waals surface area contributed by atoms with Crippen molar-refractivity contribution in [3.05, 3.63) is 60.2 Å². The Morgan fingerprint density at radius 3 is 2.26 bits per heavy atom. The van der Waals surface area contributed by atoms with Crippen LogP contribution < -0.4 is 10.1 Å². The molecule has 0 spiro atoms. The van der Waals surface area contributed by atoms with E-state index in [1.165, 1.54) is 5.56 Å². The SMILES string of the molecule is OCCCNCc1ccc(Oc2ccccc2)cc1. The summed E-state index contributed by atoms with van der Waals surface area (Å²) in [7, 11) is 0. The average Bonchev–Trinajstić information content (AvgIpc) is 2.46. The first kappa shape index (κ1) is 13.6. The predicted molar refractivity (Wildman–Crippen MR) is 76.4 cm³/mol. The molecule has 2 N–H and O–H groups in total. The molecule has 0 saturated heterocycles. The highest BCUT2D eigenvalue weighted by atomic mass is 16.5. The molecule has 100 valence electrons. The zero-order chi connectivity index (χ0) is 13.3. The van der Waals surface area contributed by atoms with E-state index in [2.05, 4.69) is 5.32 Å². The van der Waals surface area contributed by atoms with Crippen molar-refractivity contribution in [2.45, 2.75) is 13.0 Å². The van der Waals surface area contributed by atoms with E-state index in [-0.39, 0.29) is 6.61 Å². The molecule has 2 aromatic carbocycles. The summed E-state index contributed by atoms with van der Waals surface area (Å²) in [5.74, 6) is 1.68. The molecule has 0 aliphatic carbocycles. The molecule has 3 nitrogen and oxygen atoms in total. The third-order valence-electron chi connectivity index (χ3n) is 2.74. The zero-order valence-electron chi connectivity index (χ0n) is 10.9. The number of aliphatic hydroxyl groups is 1. The fraction of sp³-hybridized carbons (Fsp3) is 0.250. The van der Waals surface area contributed by atoms with E-state index >= 15 is 0 Å². The van der Waals surface area contributed by atoms with Crippen LogP contribution in [0, 0.1) is 0 Å². The Hall–Kier alpha value is -1.84. The van der Waals surface area contributed by atoms with Gasteiger partial charge >= 0.3 is 0 Å². The van der Waals surface area contributed by atoms with Crippen molar-refractivity contribution < 1.29 is 9.84 Å². The number of ether oxygens (including phenoxy) is 1. The van der Waals surface area contributed by atoms with Crippen molar-refractivity contribution in [3.8, 4) is 11.5 Å². The largest absolute Gasteiger partial charge is 0.457 e. The Kier molecular flexibility index (Phi) is 5.41. The van der Waals surface area contributed by atoms with Gasteiger partial charge in [-0.05, 0) is 42.8 Å².